The summed E-state index contributed by atoms with van der Waals surface area (Å²) < 4.78 is 23.0. The Morgan fingerprint density at radius 2 is 0.641 bits per heavy atom. The molecule has 0 spiro atoms. The van der Waals surface area contributed by atoms with Crippen molar-refractivity contribution < 1.29 is 132 Å². The maximum atomic E-state index is 10.7. The first-order chi connectivity index (χ1) is 55.2. The van der Waals surface area contributed by atoms with Crippen molar-refractivity contribution in [2.75, 3.05) is 0 Å². The fourth-order valence-electron chi connectivity index (χ4n) is 9.59. The van der Waals surface area contributed by atoms with Crippen LogP contribution in [0.1, 0.15) is 155 Å². The Labute approximate surface area is 673 Å². The van der Waals surface area contributed by atoms with Gasteiger partial charge in [0, 0.05) is 5.56 Å². The number of aromatic hydroxyl groups is 1. The molecule has 11 aromatic rings. The van der Waals surface area contributed by atoms with Crippen LogP contribution in [0.15, 0.2) is 212 Å². The van der Waals surface area contributed by atoms with Crippen LogP contribution in [-0.4, -0.2) is 126 Å². The van der Waals surface area contributed by atoms with Gasteiger partial charge < -0.3 is 69.6 Å². The second-order valence-electron chi connectivity index (χ2n) is 25.0. The molecule has 0 saturated heterocycles. The van der Waals surface area contributed by atoms with E-state index in [0.717, 1.165) is 55.5 Å². The number of rotatable bonds is 18. The highest BCUT2D eigenvalue weighted by molar-refractivity contribution is 5.93. The summed E-state index contributed by atoms with van der Waals surface area (Å²) in [5.41, 5.74) is 13.5. The number of carboxylic acids is 8. The molecule has 0 heterocycles. The molecule has 117 heavy (non-hydrogen) atoms. The predicted octanol–water partition coefficient (Wildman–Crippen LogP) is 17.0. The summed E-state index contributed by atoms with van der Waals surface area (Å²) in [6, 6.07) is 59.2. The molecule has 11 rings (SSSR count). The molecule has 0 bridgehead atoms. The standard InChI is InChI=1S/C12H12O.4C9H8O4.2C9H10O2.3C8H8O2/c1-8-3-4-10-7-12(13)9(2)6-11(10)5-8;1-6-4-7(9(11)12)2-3-8(6)13-5-10;1-6-2-3-7(9(11)12)4-8(6)13-5-10;1-6-7(9(11)12)3-2-4-8(6)13-5-10;1-6-3-2-4-7(9(11)12)8(6)13-5-10;1-6-3-4-8(9(10)11)5-7(6)2;1-6-3-4-8(9(10)11)7(2)5-6;1-6-2-4-7(5-3-6)8(9)10;1-6-3-2-4-7(5-6)8(9)10;1-7-4-2-3-5-8(7)10-6-9/h3-7,13H,1-2H3;4*2-5H,1H3,(H,11,12);2*3-5H,1-2H3,(H,10,11);2*2-5H,1H3,(H,9,10);2-6H,1H3. The van der Waals surface area contributed by atoms with Crippen LogP contribution < -0.4 is 23.7 Å². The Morgan fingerprint density at radius 1 is 0.239 bits per heavy atom. The third kappa shape index (κ3) is 34.8. The molecule has 0 aromatic heterocycles. The average molecular weight is 1600 g/mol. The summed E-state index contributed by atoms with van der Waals surface area (Å²) in [5.74, 6) is -5.64. The minimum atomic E-state index is -1.11. The average Bonchev–Trinajstić information content (AvgIpc) is 0.873. The van der Waals surface area contributed by atoms with Crippen LogP contribution in [0, 0.1) is 90.0 Å². The van der Waals surface area contributed by atoms with Crippen molar-refractivity contribution in [1.29, 1.82) is 0 Å². The van der Waals surface area contributed by atoms with Gasteiger partial charge in [0.1, 0.15) is 40.1 Å². The lowest BCUT2D eigenvalue weighted by atomic mass is 10.0. The van der Waals surface area contributed by atoms with Crippen molar-refractivity contribution in [2.45, 2.75) is 90.0 Å². The smallest absolute Gasteiger partial charge is 0.339 e. The van der Waals surface area contributed by atoms with Gasteiger partial charge in [-0.3, -0.25) is 24.0 Å². The second-order valence-corrected chi connectivity index (χ2v) is 25.0. The zero-order valence-electron chi connectivity index (χ0n) is 66.0. The minimum Gasteiger partial charge on any atom is -0.508 e. The lowest BCUT2D eigenvalue weighted by molar-refractivity contribution is -0.121. The first-order valence-electron chi connectivity index (χ1n) is 34.6. The molecular weight excluding hydrogens is 1510 g/mol. The van der Waals surface area contributed by atoms with Crippen LogP contribution in [0.25, 0.3) is 10.8 Å². The number of phenols is 1. The molecule has 0 radical (unpaired) electrons. The van der Waals surface area contributed by atoms with Crippen molar-refractivity contribution in [3.05, 3.63) is 329 Å². The van der Waals surface area contributed by atoms with Gasteiger partial charge in [0.2, 0.25) is 0 Å². The molecule has 0 aliphatic heterocycles. The van der Waals surface area contributed by atoms with E-state index in [1.165, 1.54) is 65.5 Å². The lowest BCUT2D eigenvalue weighted by Gasteiger charge is -2.05. The molecule has 0 saturated carbocycles. The molecule has 0 aliphatic rings. The molecule has 11 aromatic carbocycles. The van der Waals surface area contributed by atoms with E-state index in [2.05, 4.69) is 42.7 Å². The normalized spacial score (nSPS) is 9.48. The van der Waals surface area contributed by atoms with Crippen LogP contribution >= 0.6 is 0 Å². The van der Waals surface area contributed by atoms with E-state index in [-0.39, 0.29) is 58.9 Å². The molecule has 0 unspecified atom stereocenters. The highest BCUT2D eigenvalue weighted by atomic mass is 16.5. The Kier molecular flexibility index (Phi) is 42.1. The molecule has 27 nitrogen and oxygen atoms in total. The number of hydrogen-bond donors (Lipinski definition) is 9. The van der Waals surface area contributed by atoms with E-state index in [9.17, 15) is 67.4 Å². The molecule has 0 atom stereocenters. The number of fused-ring (bicyclic) bond motifs is 1. The summed E-state index contributed by atoms with van der Waals surface area (Å²) in [5, 5.41) is 80.7. The van der Waals surface area contributed by atoms with Crippen LogP contribution in [-0.2, 0) is 24.0 Å². The predicted molar refractivity (Wildman–Crippen MR) is 434 cm³/mol. The maximum Gasteiger partial charge on any atom is 0.339 e. The molecule has 0 amide bonds. The largest absolute Gasteiger partial charge is 0.508 e. The van der Waals surface area contributed by atoms with E-state index in [1.807, 2.05) is 103 Å². The first kappa shape index (κ1) is 97.7. The van der Waals surface area contributed by atoms with E-state index in [4.69, 9.17) is 40.9 Å². The van der Waals surface area contributed by atoms with Gasteiger partial charge in [-0.1, -0.05) is 125 Å². The number of carbonyl (C=O) groups is 13. The molecule has 0 aliphatic carbocycles. The van der Waals surface area contributed by atoms with Crippen molar-refractivity contribution in [3.63, 3.8) is 0 Å². The molecule has 27 heteroatoms. The van der Waals surface area contributed by atoms with Gasteiger partial charge in [-0.25, -0.2) is 38.4 Å². The van der Waals surface area contributed by atoms with E-state index >= 15 is 0 Å². The molecular formula is C90H88O27. The third-order valence-corrected chi connectivity index (χ3v) is 16.0. The topological polar surface area (TPSA) is 450 Å². The molecule has 0 fully saturated rings. The fourth-order valence-corrected chi connectivity index (χ4v) is 9.59. The summed E-state index contributed by atoms with van der Waals surface area (Å²) in [6.07, 6.45) is 0. The molecule has 9 N–H and O–H groups in total. The lowest BCUT2D eigenvalue weighted by Crippen LogP contribution is -2.03. The first-order valence-corrected chi connectivity index (χ1v) is 34.6. The number of phenolic OH excluding ortho intramolecular Hbond substituents is 1. The van der Waals surface area contributed by atoms with Crippen LogP contribution in [0.2, 0.25) is 0 Å². The van der Waals surface area contributed by atoms with Crippen molar-refractivity contribution in [3.8, 4) is 34.5 Å². The molecule has 610 valence electrons. The SMILES string of the molecule is Cc1c(OC=O)cccc1C(=O)O.Cc1cc(C(=O)O)ccc1OC=O.Cc1ccc(C(=O)O)c(C)c1.Cc1ccc(C(=O)O)cc1.Cc1ccc(C(=O)O)cc1C.Cc1ccc(C(=O)O)cc1OC=O.Cc1ccc2cc(O)c(C)cc2c1.Cc1cccc(C(=O)O)c1.Cc1cccc(C(=O)O)c1OC=O.Cc1ccccc1OC=O. The maximum absolute atomic E-state index is 10.7. The van der Waals surface area contributed by atoms with Crippen molar-refractivity contribution in [2.24, 2.45) is 0 Å². The van der Waals surface area contributed by atoms with Gasteiger partial charge >= 0.3 is 47.8 Å². The van der Waals surface area contributed by atoms with Crippen molar-refractivity contribution in [1.82, 2.24) is 0 Å². The summed E-state index contributed by atoms with van der Waals surface area (Å²) in [6.45, 7) is 25.4. The minimum absolute atomic E-state index is 0.00731. The number of benzene rings is 11. The summed E-state index contributed by atoms with van der Waals surface area (Å²) >= 11 is 0. The monoisotopic (exact) mass is 1600 g/mol. The quantitative estimate of drug-likeness (QED) is 0.0360. The van der Waals surface area contributed by atoms with Crippen molar-refractivity contribution >= 4 is 90.9 Å². The van der Waals surface area contributed by atoms with Crippen LogP contribution in [0.3, 0.4) is 0 Å². The Hall–Kier alpha value is -15.4. The third-order valence-electron chi connectivity index (χ3n) is 16.0. The summed E-state index contributed by atoms with van der Waals surface area (Å²) in [7, 11) is 0. The van der Waals surface area contributed by atoms with E-state index < -0.39 is 47.8 Å². The highest BCUT2D eigenvalue weighted by Gasteiger charge is 2.15. The fraction of sp³-hybridized carbons (Fsp3) is 0.144. The zero-order valence-corrected chi connectivity index (χ0v) is 66.0. The van der Waals surface area contributed by atoms with E-state index in [1.54, 1.807) is 126 Å². The highest BCUT2D eigenvalue weighted by Crippen LogP contribution is 2.27. The Bertz CT molecular complexity index is 5280. The van der Waals surface area contributed by atoms with Gasteiger partial charge in [0.15, 0.2) is 0 Å². The number of carbonyl (C=O) groups excluding carboxylic acids is 5. The Balaban J connectivity index is 0.000000442. The van der Waals surface area contributed by atoms with Gasteiger partial charge in [-0.2, -0.15) is 0 Å². The van der Waals surface area contributed by atoms with Gasteiger partial charge in [-0.15, -0.1) is 0 Å². The number of aromatic carboxylic acids is 8. The van der Waals surface area contributed by atoms with Gasteiger partial charge in [0.05, 0.1) is 38.9 Å². The van der Waals surface area contributed by atoms with Crippen LogP contribution in [0.4, 0.5) is 0 Å². The number of aryl methyl sites for hydroxylation is 12. The van der Waals surface area contributed by atoms with E-state index in [0.29, 0.717) is 69.1 Å². The summed E-state index contributed by atoms with van der Waals surface area (Å²) in [4.78, 5) is 134. The van der Waals surface area contributed by atoms with Gasteiger partial charge in [0.25, 0.3) is 32.4 Å². The number of para-hydroxylation sites is 2. The van der Waals surface area contributed by atoms with Crippen LogP contribution in [0.5, 0.6) is 34.5 Å². The zero-order chi connectivity index (χ0) is 88.2. The number of hydrogen-bond acceptors (Lipinski definition) is 19. The second kappa shape index (κ2) is 50.5. The number of carboxylic acid groups (broad SMARTS) is 8. The Morgan fingerprint density at radius 3 is 1.14 bits per heavy atom. The van der Waals surface area contributed by atoms with Gasteiger partial charge in [-0.05, 0) is 254 Å². The number of ether oxygens (including phenoxy) is 5.